The van der Waals surface area contributed by atoms with Crippen molar-refractivity contribution in [2.24, 2.45) is 0 Å². The number of benzene rings is 2. The Labute approximate surface area is 201 Å². The lowest BCUT2D eigenvalue weighted by atomic mass is 10.1. The molecule has 2 rings (SSSR count). The lowest BCUT2D eigenvalue weighted by Crippen LogP contribution is -2.61. The minimum absolute atomic E-state index is 0.0277. The summed E-state index contributed by atoms with van der Waals surface area (Å²) < 4.78 is 157. The highest BCUT2D eigenvalue weighted by molar-refractivity contribution is 7.88. The van der Waals surface area contributed by atoms with Crippen LogP contribution in [0.2, 0.25) is 0 Å². The molecule has 36 heavy (non-hydrogen) atoms. The van der Waals surface area contributed by atoms with E-state index in [1.807, 2.05) is 0 Å². The van der Waals surface area contributed by atoms with Gasteiger partial charge in [0.25, 0.3) is 0 Å². The molecule has 0 aromatic heterocycles. The number of methoxy groups -OCH3 is 2. The second kappa shape index (κ2) is 10.4. The van der Waals surface area contributed by atoms with E-state index in [9.17, 15) is 43.2 Å². The van der Waals surface area contributed by atoms with Crippen molar-refractivity contribution in [2.45, 2.75) is 29.6 Å². The summed E-state index contributed by atoms with van der Waals surface area (Å²) in [5.74, 6) is -7.96. The zero-order valence-electron chi connectivity index (χ0n) is 18.3. The third-order valence-electron chi connectivity index (χ3n) is 4.36. The molecule has 0 aliphatic carbocycles. The normalized spacial score (nSPS) is 13.5. The summed E-state index contributed by atoms with van der Waals surface area (Å²) in [5.41, 5.74) is -0.746. The van der Waals surface area contributed by atoms with Crippen LogP contribution in [0.15, 0.2) is 42.5 Å². The average Bonchev–Trinajstić information content (AvgIpc) is 2.76. The van der Waals surface area contributed by atoms with Crippen LogP contribution < -0.4 is 8.92 Å². The molecule has 202 valence electrons. The van der Waals surface area contributed by atoms with Crippen LogP contribution in [0.1, 0.15) is 11.1 Å². The Morgan fingerprint density at radius 3 is 1.67 bits per heavy atom. The zero-order chi connectivity index (χ0) is 27.6. The molecule has 2 aromatic rings. The van der Waals surface area contributed by atoms with E-state index < -0.39 is 55.6 Å². The largest absolute Gasteiger partial charge is 0.457 e. The molecule has 0 saturated heterocycles. The van der Waals surface area contributed by atoms with Crippen molar-refractivity contribution < 1.29 is 66.1 Å². The van der Waals surface area contributed by atoms with E-state index in [1.54, 1.807) is 18.2 Å². The summed E-state index contributed by atoms with van der Waals surface area (Å²) in [6.45, 7) is -1.15. The van der Waals surface area contributed by atoms with Gasteiger partial charge in [-0.05, 0) is 24.3 Å². The van der Waals surface area contributed by atoms with E-state index in [0.717, 1.165) is 26.4 Å². The van der Waals surface area contributed by atoms with Crippen LogP contribution in [0.4, 0.5) is 26.3 Å². The third-order valence-corrected chi connectivity index (χ3v) is 6.53. The van der Waals surface area contributed by atoms with Crippen LogP contribution in [0.3, 0.4) is 0 Å². The van der Waals surface area contributed by atoms with Crippen molar-refractivity contribution in [3.8, 4) is 17.2 Å². The van der Waals surface area contributed by atoms with Crippen molar-refractivity contribution in [1.29, 1.82) is 0 Å². The van der Waals surface area contributed by atoms with Crippen molar-refractivity contribution in [3.63, 3.8) is 0 Å². The lowest BCUT2D eigenvalue weighted by Gasteiger charge is -2.30. The summed E-state index contributed by atoms with van der Waals surface area (Å²) in [7, 11) is -12.1. The quantitative estimate of drug-likeness (QED) is 0.228. The molecule has 0 amide bonds. The number of alkyl halides is 6. The van der Waals surface area contributed by atoms with E-state index in [4.69, 9.17) is 18.8 Å². The first kappa shape index (κ1) is 29.6. The van der Waals surface area contributed by atoms with Crippen LogP contribution in [0.5, 0.6) is 17.2 Å². The molecular formula is C19H18F6O9S2. The van der Waals surface area contributed by atoms with Crippen molar-refractivity contribution in [2.75, 3.05) is 14.2 Å². The molecule has 0 fully saturated rings. The molecule has 0 aliphatic heterocycles. The van der Waals surface area contributed by atoms with E-state index in [-0.39, 0.29) is 22.6 Å². The van der Waals surface area contributed by atoms with Crippen molar-refractivity contribution in [3.05, 3.63) is 53.6 Å². The Kier molecular flexibility index (Phi) is 8.57. The number of ether oxygens (including phenoxy) is 3. The summed E-state index contributed by atoms with van der Waals surface area (Å²) in [6, 6.07) is 10.0. The van der Waals surface area contributed by atoms with Crippen molar-refractivity contribution in [1.82, 2.24) is 0 Å². The minimum Gasteiger partial charge on any atom is -0.457 e. The van der Waals surface area contributed by atoms with Crippen LogP contribution in [-0.2, 0) is 42.9 Å². The van der Waals surface area contributed by atoms with E-state index in [0.29, 0.717) is 0 Å². The molecular weight excluding hydrogens is 550 g/mol. The molecule has 0 unspecified atom stereocenters. The minimum atomic E-state index is -7.19. The first-order chi connectivity index (χ1) is 16.4. The standard InChI is InChI=1S/C19H18F6O9S2/c1-31-10-12-8-15(33-14-6-4-3-5-7-14)9-13(11-32-2)16(12)34-36(29,30)19(24,25)17(20,21)18(22,23)35(26,27)28/h3-9H,10-11H2,1-2H3,(H,26,27,28). The first-order valence-electron chi connectivity index (χ1n) is 9.34. The van der Waals surface area contributed by atoms with Gasteiger partial charge in [-0.25, -0.2) is 0 Å². The van der Waals surface area contributed by atoms with Crippen LogP contribution in [0.25, 0.3) is 0 Å². The van der Waals surface area contributed by atoms with Gasteiger partial charge in [-0.2, -0.15) is 43.2 Å². The Morgan fingerprint density at radius 2 is 1.25 bits per heavy atom. The van der Waals surface area contributed by atoms with Gasteiger partial charge in [0.05, 0.1) is 13.2 Å². The zero-order valence-corrected chi connectivity index (χ0v) is 19.9. The fraction of sp³-hybridized carbons (Fsp3) is 0.368. The monoisotopic (exact) mass is 568 g/mol. The lowest BCUT2D eigenvalue weighted by molar-refractivity contribution is -0.247. The van der Waals surface area contributed by atoms with Gasteiger partial charge in [0, 0.05) is 25.3 Å². The molecule has 0 heterocycles. The van der Waals surface area contributed by atoms with Gasteiger partial charge in [0.15, 0.2) is 5.75 Å². The number of hydrogen-bond donors (Lipinski definition) is 1. The maximum atomic E-state index is 14.3. The van der Waals surface area contributed by atoms with Crippen LogP contribution >= 0.6 is 0 Å². The molecule has 0 spiro atoms. The number of hydrogen-bond acceptors (Lipinski definition) is 8. The van der Waals surface area contributed by atoms with E-state index >= 15 is 0 Å². The maximum absolute atomic E-state index is 14.3. The Hall–Kier alpha value is -2.60. The van der Waals surface area contributed by atoms with Crippen LogP contribution in [-0.4, -0.2) is 52.0 Å². The second-order valence-electron chi connectivity index (χ2n) is 6.97. The number of rotatable bonds is 12. The summed E-state index contributed by atoms with van der Waals surface area (Å²) in [5, 5.41) is -13.8. The van der Waals surface area contributed by atoms with E-state index in [2.05, 4.69) is 4.18 Å². The van der Waals surface area contributed by atoms with Gasteiger partial charge >= 0.3 is 36.7 Å². The SMILES string of the molecule is COCc1cc(Oc2ccccc2)cc(COC)c1OS(=O)(=O)C(F)(F)C(F)(F)C(F)(F)S(=O)(=O)O. The molecule has 1 N–H and O–H groups in total. The van der Waals surface area contributed by atoms with E-state index in [1.165, 1.54) is 12.1 Å². The van der Waals surface area contributed by atoms with Gasteiger partial charge in [0.2, 0.25) is 0 Å². The summed E-state index contributed by atoms with van der Waals surface area (Å²) in [6.07, 6.45) is 0. The Bertz CT molecular complexity index is 1260. The second-order valence-corrected chi connectivity index (χ2v) is 10.0. The molecule has 0 aliphatic rings. The molecule has 17 heteroatoms. The van der Waals surface area contributed by atoms with Crippen molar-refractivity contribution >= 4 is 20.2 Å². The highest BCUT2D eigenvalue weighted by Crippen LogP contribution is 2.51. The highest BCUT2D eigenvalue weighted by atomic mass is 32.2. The number of para-hydroxylation sites is 1. The third kappa shape index (κ3) is 5.54. The molecule has 0 radical (unpaired) electrons. The predicted molar refractivity (Wildman–Crippen MR) is 110 cm³/mol. The summed E-state index contributed by atoms with van der Waals surface area (Å²) >= 11 is 0. The van der Waals surface area contributed by atoms with Gasteiger partial charge in [0.1, 0.15) is 11.5 Å². The fourth-order valence-electron chi connectivity index (χ4n) is 2.69. The summed E-state index contributed by atoms with van der Waals surface area (Å²) in [4.78, 5) is 0. The maximum Gasteiger partial charge on any atom is 0.450 e. The first-order valence-corrected chi connectivity index (χ1v) is 12.2. The molecule has 9 nitrogen and oxygen atoms in total. The average molecular weight is 568 g/mol. The van der Waals surface area contributed by atoms with Gasteiger partial charge in [-0.1, -0.05) is 18.2 Å². The molecule has 2 aromatic carbocycles. The van der Waals surface area contributed by atoms with Gasteiger partial charge in [-0.15, -0.1) is 0 Å². The highest BCUT2D eigenvalue weighted by Gasteiger charge is 2.83. The Balaban J connectivity index is 2.62. The topological polar surface area (TPSA) is 125 Å². The molecule has 0 saturated carbocycles. The van der Waals surface area contributed by atoms with Crippen LogP contribution in [0, 0.1) is 0 Å². The molecule has 0 bridgehead atoms. The molecule has 0 atom stereocenters. The number of halogens is 6. The predicted octanol–water partition coefficient (Wildman–Crippen LogP) is 4.19. The smallest absolute Gasteiger partial charge is 0.450 e. The van der Waals surface area contributed by atoms with Gasteiger partial charge in [-0.3, -0.25) is 4.55 Å². The Morgan fingerprint density at radius 1 is 0.778 bits per heavy atom. The van der Waals surface area contributed by atoms with Gasteiger partial charge < -0.3 is 18.4 Å². The fourth-order valence-corrected chi connectivity index (χ4v) is 4.19.